The third kappa shape index (κ3) is 5.78. The summed E-state index contributed by atoms with van der Waals surface area (Å²) in [5, 5.41) is 2.82. The Morgan fingerprint density at radius 1 is 1.28 bits per heavy atom. The van der Waals surface area contributed by atoms with Gasteiger partial charge in [0.25, 0.3) is 0 Å². The molecule has 25 heavy (non-hydrogen) atoms. The number of nitrogens with zero attached hydrogens (tertiary/aromatic N) is 1. The van der Waals surface area contributed by atoms with Crippen molar-refractivity contribution in [3.63, 3.8) is 0 Å². The molecule has 1 aromatic rings. The first-order valence-electron chi connectivity index (χ1n) is 8.39. The zero-order valence-corrected chi connectivity index (χ0v) is 16.5. The molecule has 1 fully saturated rings. The van der Waals surface area contributed by atoms with Gasteiger partial charge in [-0.15, -0.1) is 0 Å². The molecule has 1 aliphatic heterocycles. The lowest BCUT2D eigenvalue weighted by molar-refractivity contribution is -0.122. The van der Waals surface area contributed by atoms with E-state index in [1.165, 1.54) is 4.90 Å². The van der Waals surface area contributed by atoms with Crippen molar-refractivity contribution in [2.45, 2.75) is 26.2 Å². The first kappa shape index (κ1) is 19.8. The molecule has 0 aromatic heterocycles. The maximum absolute atomic E-state index is 12.0. The highest BCUT2D eigenvalue weighted by atomic mass is 127. The molecule has 1 aliphatic rings. The van der Waals surface area contributed by atoms with Gasteiger partial charge < -0.3 is 10.1 Å². The lowest BCUT2D eigenvalue weighted by atomic mass is 10.1. The van der Waals surface area contributed by atoms with Crippen LogP contribution in [0.1, 0.15) is 25.3 Å². The molecule has 0 spiro atoms. The van der Waals surface area contributed by atoms with Crippen LogP contribution in [0.3, 0.4) is 0 Å². The van der Waals surface area contributed by atoms with Crippen LogP contribution < -0.4 is 10.2 Å². The van der Waals surface area contributed by atoms with E-state index in [0.29, 0.717) is 38.3 Å². The minimum Gasteiger partial charge on any atom is -0.379 e. The maximum atomic E-state index is 12.0. The number of ether oxygens (including phenoxy) is 1. The van der Waals surface area contributed by atoms with Crippen LogP contribution in [-0.2, 0) is 25.5 Å². The van der Waals surface area contributed by atoms with Crippen LogP contribution in [0.5, 0.6) is 0 Å². The molecule has 1 atom stereocenters. The van der Waals surface area contributed by atoms with Crippen molar-refractivity contribution in [3.05, 3.63) is 29.8 Å². The third-order valence-electron chi connectivity index (χ3n) is 4.00. The molecule has 1 aromatic carbocycles. The van der Waals surface area contributed by atoms with Crippen LogP contribution in [0.4, 0.5) is 5.69 Å². The molecule has 3 amide bonds. The van der Waals surface area contributed by atoms with E-state index in [2.05, 4.69) is 27.9 Å². The number of benzene rings is 1. The summed E-state index contributed by atoms with van der Waals surface area (Å²) in [5.74, 6) is -0.575. The van der Waals surface area contributed by atoms with Crippen molar-refractivity contribution in [2.24, 2.45) is 5.92 Å². The summed E-state index contributed by atoms with van der Waals surface area (Å²) in [5.41, 5.74) is 1.59. The summed E-state index contributed by atoms with van der Waals surface area (Å²) < 4.78 is 6.24. The average Bonchev–Trinajstić information content (AvgIpc) is 2.86. The van der Waals surface area contributed by atoms with Crippen LogP contribution in [0.25, 0.3) is 0 Å². The molecule has 1 heterocycles. The van der Waals surface area contributed by atoms with E-state index in [4.69, 9.17) is 4.74 Å². The lowest BCUT2D eigenvalue weighted by Gasteiger charge is -2.14. The van der Waals surface area contributed by atoms with Gasteiger partial charge in [-0.05, 0) is 24.1 Å². The Morgan fingerprint density at radius 3 is 2.60 bits per heavy atom. The zero-order chi connectivity index (χ0) is 18.2. The molecule has 6 nitrogen and oxygen atoms in total. The highest BCUT2D eigenvalue weighted by Gasteiger charge is 2.36. The number of anilines is 1. The highest BCUT2D eigenvalue weighted by Crippen LogP contribution is 2.26. The normalized spacial score (nSPS) is 17.2. The van der Waals surface area contributed by atoms with Crippen LogP contribution in [0, 0.1) is 5.92 Å². The Hall–Kier alpha value is -1.48. The summed E-state index contributed by atoms with van der Waals surface area (Å²) in [4.78, 5) is 37.0. The summed E-state index contributed by atoms with van der Waals surface area (Å²) in [6, 6.07) is 7.24. The number of hydrogen-bond acceptors (Lipinski definition) is 4. The number of carbonyl (C=O) groups is 3. The fraction of sp³-hybridized carbons (Fsp3) is 0.500. The SMILES string of the molecule is CC1CC(=O)N(c2ccc(CCC(=O)NCCOCCI)cc2)C1=O. The fourth-order valence-electron chi connectivity index (χ4n) is 2.63. The Labute approximate surface area is 161 Å². The van der Waals surface area contributed by atoms with Crippen molar-refractivity contribution in [1.29, 1.82) is 0 Å². The number of alkyl halides is 1. The van der Waals surface area contributed by atoms with Gasteiger partial charge in [-0.1, -0.05) is 41.6 Å². The van der Waals surface area contributed by atoms with E-state index in [9.17, 15) is 14.4 Å². The molecule has 0 bridgehead atoms. The second-order valence-electron chi connectivity index (χ2n) is 5.99. The van der Waals surface area contributed by atoms with E-state index in [1.807, 2.05) is 12.1 Å². The second-order valence-corrected chi connectivity index (χ2v) is 7.07. The highest BCUT2D eigenvalue weighted by molar-refractivity contribution is 14.1. The van der Waals surface area contributed by atoms with Crippen LogP contribution in [0.15, 0.2) is 24.3 Å². The number of carbonyl (C=O) groups excluding carboxylic acids is 3. The van der Waals surface area contributed by atoms with Gasteiger partial charge in [0.15, 0.2) is 0 Å². The molecule has 7 heteroatoms. The number of hydrogen-bond donors (Lipinski definition) is 1. The number of rotatable bonds is 9. The first-order valence-corrected chi connectivity index (χ1v) is 9.91. The lowest BCUT2D eigenvalue weighted by Crippen LogP contribution is -2.29. The van der Waals surface area contributed by atoms with Crippen molar-refractivity contribution in [2.75, 3.05) is 29.1 Å². The van der Waals surface area contributed by atoms with Gasteiger partial charge in [0.2, 0.25) is 17.7 Å². The number of nitrogens with one attached hydrogen (secondary N) is 1. The van der Waals surface area contributed by atoms with Gasteiger partial charge in [0.1, 0.15) is 0 Å². The fourth-order valence-corrected chi connectivity index (χ4v) is 2.94. The van der Waals surface area contributed by atoms with Gasteiger partial charge in [-0.2, -0.15) is 0 Å². The van der Waals surface area contributed by atoms with Gasteiger partial charge in [-0.25, -0.2) is 0 Å². The number of aryl methyl sites for hydroxylation is 1. The molecular weight excluding hydrogens is 435 g/mol. The van der Waals surface area contributed by atoms with E-state index in [-0.39, 0.29) is 30.1 Å². The van der Waals surface area contributed by atoms with Gasteiger partial charge >= 0.3 is 0 Å². The second kappa shape index (κ2) is 9.86. The smallest absolute Gasteiger partial charge is 0.237 e. The molecule has 0 aliphatic carbocycles. The molecule has 1 N–H and O–H groups in total. The van der Waals surface area contributed by atoms with E-state index < -0.39 is 0 Å². The minimum absolute atomic E-state index is 0.0131. The van der Waals surface area contributed by atoms with Crippen LogP contribution in [-0.4, -0.2) is 41.9 Å². The van der Waals surface area contributed by atoms with Crippen LogP contribution in [0.2, 0.25) is 0 Å². The Kier molecular flexibility index (Phi) is 7.83. The summed E-state index contributed by atoms with van der Waals surface area (Å²) in [7, 11) is 0. The molecule has 2 rings (SSSR count). The van der Waals surface area contributed by atoms with Gasteiger partial charge in [0, 0.05) is 29.7 Å². The monoisotopic (exact) mass is 458 g/mol. The predicted octanol–water partition coefficient (Wildman–Crippen LogP) is 2.09. The maximum Gasteiger partial charge on any atom is 0.237 e. The number of halogens is 1. The Balaban J connectivity index is 1.78. The number of amides is 3. The number of imide groups is 1. The van der Waals surface area contributed by atoms with Crippen LogP contribution >= 0.6 is 22.6 Å². The van der Waals surface area contributed by atoms with E-state index >= 15 is 0 Å². The predicted molar refractivity (Wildman–Crippen MR) is 104 cm³/mol. The Morgan fingerprint density at radius 2 is 2.00 bits per heavy atom. The van der Waals surface area contributed by atoms with Crippen molar-refractivity contribution in [3.8, 4) is 0 Å². The molecular formula is C18H23IN2O4. The first-order chi connectivity index (χ1) is 12.0. The molecule has 0 saturated carbocycles. The Bertz CT molecular complexity index is 618. The standard InChI is InChI=1S/C18H23IN2O4/c1-13-12-17(23)21(18(13)24)15-5-2-14(3-6-15)4-7-16(22)20-9-11-25-10-8-19/h2-3,5-6,13H,4,7-12H2,1H3,(H,20,22). The van der Waals surface area contributed by atoms with Gasteiger partial charge in [0.05, 0.1) is 18.9 Å². The molecule has 0 radical (unpaired) electrons. The summed E-state index contributed by atoms with van der Waals surface area (Å²) >= 11 is 2.24. The summed E-state index contributed by atoms with van der Waals surface area (Å²) in [6.07, 6.45) is 1.27. The quantitative estimate of drug-likeness (QED) is 0.266. The molecule has 1 unspecified atom stereocenters. The van der Waals surface area contributed by atoms with E-state index in [1.54, 1.807) is 19.1 Å². The largest absolute Gasteiger partial charge is 0.379 e. The molecule has 136 valence electrons. The zero-order valence-electron chi connectivity index (χ0n) is 14.3. The van der Waals surface area contributed by atoms with Crippen molar-refractivity contribution < 1.29 is 19.1 Å². The third-order valence-corrected chi connectivity index (χ3v) is 4.44. The molecule has 1 saturated heterocycles. The van der Waals surface area contributed by atoms with Crippen molar-refractivity contribution >= 4 is 46.0 Å². The average molecular weight is 458 g/mol. The minimum atomic E-state index is -0.253. The van der Waals surface area contributed by atoms with Gasteiger partial charge in [-0.3, -0.25) is 19.3 Å². The van der Waals surface area contributed by atoms with Crippen molar-refractivity contribution in [1.82, 2.24) is 5.32 Å². The topological polar surface area (TPSA) is 75.7 Å². The summed E-state index contributed by atoms with van der Waals surface area (Å²) in [6.45, 7) is 3.51. The van der Waals surface area contributed by atoms with E-state index in [0.717, 1.165) is 9.99 Å².